The number of ether oxygens (including phenoxy) is 2. The summed E-state index contributed by atoms with van der Waals surface area (Å²) in [6.45, 7) is 5.60. The predicted molar refractivity (Wildman–Crippen MR) is 108 cm³/mol. The zero-order valence-electron chi connectivity index (χ0n) is 17.1. The van der Waals surface area contributed by atoms with Crippen LogP contribution in [0.3, 0.4) is 0 Å². The second-order valence-corrected chi connectivity index (χ2v) is 7.47. The summed E-state index contributed by atoms with van der Waals surface area (Å²) in [6, 6.07) is 7.18. The van der Waals surface area contributed by atoms with Crippen LogP contribution in [0.25, 0.3) is 0 Å². The number of carbonyl (C=O) groups is 1. The van der Waals surface area contributed by atoms with Crippen LogP contribution < -0.4 is 15.8 Å². The molecular weight excluding hydrogens is 414 g/mol. The van der Waals surface area contributed by atoms with Gasteiger partial charge in [0.05, 0.1) is 18.8 Å². The number of anilines is 1. The Balaban J connectivity index is 2.50. The molecule has 1 heterocycles. The fraction of sp³-hybridized carbons (Fsp3) is 0.333. The lowest BCUT2D eigenvalue weighted by molar-refractivity contribution is -0.666. The van der Waals surface area contributed by atoms with Crippen molar-refractivity contribution >= 4 is 27.9 Å². The number of nitrogens with zero attached hydrogens (tertiary/aromatic N) is 3. The molecule has 11 nitrogen and oxygen atoms in total. The van der Waals surface area contributed by atoms with E-state index < -0.39 is 22.0 Å². The van der Waals surface area contributed by atoms with E-state index in [0.29, 0.717) is 22.3 Å². The molecule has 0 unspecified atom stereocenters. The number of rotatable bonds is 8. The molecule has 0 radical (unpaired) electrons. The monoisotopic (exact) mass is 438 g/mol. The average molecular weight is 438 g/mol. The van der Waals surface area contributed by atoms with Crippen molar-refractivity contribution < 1.29 is 31.7 Å². The van der Waals surface area contributed by atoms with E-state index in [0.717, 1.165) is 7.11 Å². The van der Waals surface area contributed by atoms with Crippen molar-refractivity contribution in [2.24, 2.45) is 5.73 Å². The standard InChI is InChI=1S/C18H23N5O6S/c1-5-28-15-11-12(3)20-18(21-15)22-17(19)23(27-4)30(25,26)14-10-8-7-9-13(14)16(24)29-6-2/h7-11H,5-6H2,1-4H3,(H2,19,20,21,22)/p+1. The highest BCUT2D eigenvalue weighted by Crippen LogP contribution is 2.19. The summed E-state index contributed by atoms with van der Waals surface area (Å²) in [7, 11) is -3.28. The molecule has 1 aromatic heterocycles. The van der Waals surface area contributed by atoms with E-state index in [1.54, 1.807) is 26.8 Å². The Morgan fingerprint density at radius 1 is 1.20 bits per heavy atom. The van der Waals surface area contributed by atoms with E-state index in [1.807, 2.05) is 0 Å². The van der Waals surface area contributed by atoms with Gasteiger partial charge in [-0.1, -0.05) is 12.1 Å². The van der Waals surface area contributed by atoms with Crippen molar-refractivity contribution in [2.45, 2.75) is 25.7 Å². The average Bonchev–Trinajstić information content (AvgIpc) is 2.68. The third-order valence-electron chi connectivity index (χ3n) is 3.60. The van der Waals surface area contributed by atoms with Gasteiger partial charge >= 0.3 is 22.0 Å². The van der Waals surface area contributed by atoms with E-state index in [4.69, 9.17) is 20.0 Å². The lowest BCUT2D eigenvalue weighted by atomic mass is 10.2. The quantitative estimate of drug-likeness (QED) is 0.202. The summed E-state index contributed by atoms with van der Waals surface area (Å²) in [4.78, 5) is 25.1. The Hall–Kier alpha value is -3.41. The van der Waals surface area contributed by atoms with Crippen LogP contribution in [0.2, 0.25) is 0 Å². The first-order chi connectivity index (χ1) is 14.2. The molecule has 0 spiro atoms. The minimum atomic E-state index is -4.40. The summed E-state index contributed by atoms with van der Waals surface area (Å²) in [5, 5.41) is 2.58. The molecule has 0 aliphatic carbocycles. The van der Waals surface area contributed by atoms with Gasteiger partial charge < -0.3 is 14.3 Å². The minimum Gasteiger partial charge on any atom is -0.478 e. The van der Waals surface area contributed by atoms with Crippen molar-refractivity contribution in [3.63, 3.8) is 0 Å². The lowest BCUT2D eigenvalue weighted by Gasteiger charge is -2.12. The molecule has 0 amide bonds. The van der Waals surface area contributed by atoms with Gasteiger partial charge in [-0.15, -0.1) is 0 Å². The number of hydrogen-bond acceptors (Lipinski definition) is 8. The Kier molecular flexibility index (Phi) is 7.53. The van der Waals surface area contributed by atoms with Crippen LogP contribution in [0.5, 0.6) is 5.88 Å². The number of guanidine groups is 1. The Labute approximate surface area is 174 Å². The number of nitrogens with two attached hydrogens (primary N) is 1. The first-order valence-electron chi connectivity index (χ1n) is 8.98. The molecule has 0 atom stereocenters. The van der Waals surface area contributed by atoms with Crippen molar-refractivity contribution in [2.75, 3.05) is 25.6 Å². The van der Waals surface area contributed by atoms with Crippen molar-refractivity contribution in [1.82, 2.24) is 9.97 Å². The van der Waals surface area contributed by atoms with Crippen molar-refractivity contribution in [3.05, 3.63) is 41.6 Å². The van der Waals surface area contributed by atoms with Gasteiger partial charge in [0.15, 0.2) is 0 Å². The molecule has 0 aliphatic heterocycles. The number of esters is 1. The highest BCUT2D eigenvalue weighted by atomic mass is 32.2. The minimum absolute atomic E-state index is 0.00637. The van der Waals surface area contributed by atoms with Gasteiger partial charge in [0, 0.05) is 15.9 Å². The Bertz CT molecular complexity index is 1050. The Morgan fingerprint density at radius 3 is 2.53 bits per heavy atom. The normalized spacial score (nSPS) is 12.0. The fourth-order valence-electron chi connectivity index (χ4n) is 2.46. The van der Waals surface area contributed by atoms with Gasteiger partial charge in [0.1, 0.15) is 12.0 Å². The van der Waals surface area contributed by atoms with E-state index in [9.17, 15) is 13.2 Å². The van der Waals surface area contributed by atoms with Gasteiger partial charge in [-0.25, -0.2) is 15.1 Å². The molecule has 2 aromatic rings. The molecule has 0 bridgehead atoms. The number of aryl methyl sites for hydroxylation is 1. The number of nitrogens with one attached hydrogen (secondary N) is 1. The van der Waals surface area contributed by atoms with Gasteiger partial charge in [0.25, 0.3) is 5.95 Å². The van der Waals surface area contributed by atoms with Crippen LogP contribution in [0.15, 0.2) is 35.2 Å². The molecule has 0 fully saturated rings. The summed E-state index contributed by atoms with van der Waals surface area (Å²) >= 11 is 0. The van der Waals surface area contributed by atoms with E-state index in [2.05, 4.69) is 15.3 Å². The van der Waals surface area contributed by atoms with Gasteiger partial charge in [0.2, 0.25) is 5.88 Å². The molecule has 3 N–H and O–H groups in total. The SMILES string of the molecule is CCOC(=O)c1ccccc1S(=O)(=O)[N+](OC)=C(N)Nc1nc(C)cc(OCC)n1. The van der Waals surface area contributed by atoms with Crippen LogP contribution >= 0.6 is 0 Å². The molecular formula is C18H24N5O6S+. The largest absolute Gasteiger partial charge is 0.478 e. The van der Waals surface area contributed by atoms with Gasteiger partial charge in [-0.05, 0) is 32.9 Å². The fourth-order valence-corrected chi connectivity index (χ4v) is 3.82. The maximum atomic E-state index is 13.1. The molecule has 0 aliphatic rings. The van der Waals surface area contributed by atoms with E-state index in [-0.39, 0.29) is 23.0 Å². The highest BCUT2D eigenvalue weighted by Gasteiger charge is 2.32. The number of aromatic nitrogens is 2. The molecule has 0 saturated carbocycles. The van der Waals surface area contributed by atoms with Crippen LogP contribution in [-0.2, 0) is 19.6 Å². The second kappa shape index (κ2) is 9.87. The van der Waals surface area contributed by atoms with Crippen LogP contribution in [0.1, 0.15) is 29.9 Å². The molecule has 12 heteroatoms. The maximum Gasteiger partial charge on any atom is 0.404 e. The highest BCUT2D eigenvalue weighted by molar-refractivity contribution is 7.85. The molecule has 2 rings (SSSR count). The van der Waals surface area contributed by atoms with Crippen LogP contribution in [0.4, 0.5) is 5.95 Å². The second-order valence-electron chi connectivity index (χ2n) is 5.75. The maximum absolute atomic E-state index is 13.1. The number of carbonyl (C=O) groups excluding carboxylic acids is 1. The first-order valence-corrected chi connectivity index (χ1v) is 10.4. The van der Waals surface area contributed by atoms with Gasteiger partial charge in [-0.3, -0.25) is 5.73 Å². The zero-order valence-corrected chi connectivity index (χ0v) is 17.9. The molecule has 0 saturated heterocycles. The molecule has 30 heavy (non-hydrogen) atoms. The number of sulfonamides is 1. The van der Waals surface area contributed by atoms with E-state index in [1.165, 1.54) is 24.3 Å². The topological polar surface area (TPSA) is 146 Å². The third kappa shape index (κ3) is 5.14. The van der Waals surface area contributed by atoms with Gasteiger partial charge in [-0.2, -0.15) is 13.4 Å². The lowest BCUT2D eigenvalue weighted by Crippen LogP contribution is -2.39. The van der Waals surface area contributed by atoms with Crippen molar-refractivity contribution in [1.29, 1.82) is 0 Å². The van der Waals surface area contributed by atoms with Crippen LogP contribution in [0, 0.1) is 6.92 Å². The smallest absolute Gasteiger partial charge is 0.404 e. The summed E-state index contributed by atoms with van der Waals surface area (Å²) in [5.41, 5.74) is 6.35. The zero-order chi connectivity index (χ0) is 22.3. The summed E-state index contributed by atoms with van der Waals surface area (Å²) < 4.78 is 37.0. The van der Waals surface area contributed by atoms with Crippen LogP contribution in [-0.4, -0.2) is 54.8 Å². The summed E-state index contributed by atoms with van der Waals surface area (Å²) in [5.74, 6) is -0.932. The number of benzene rings is 1. The predicted octanol–water partition coefficient (Wildman–Crippen LogP) is 1.05. The molecule has 1 aromatic carbocycles. The Morgan fingerprint density at radius 2 is 1.90 bits per heavy atom. The number of hydrogen-bond donors (Lipinski definition) is 2. The van der Waals surface area contributed by atoms with Crippen molar-refractivity contribution in [3.8, 4) is 5.88 Å². The van der Waals surface area contributed by atoms with E-state index >= 15 is 0 Å². The first kappa shape index (κ1) is 22.9. The third-order valence-corrected chi connectivity index (χ3v) is 5.30. The summed E-state index contributed by atoms with van der Waals surface area (Å²) in [6.07, 6.45) is 0. The molecule has 162 valence electrons.